The monoisotopic (exact) mass is 466 g/mol. The molecule has 168 valence electrons. The van der Waals surface area contributed by atoms with Crippen molar-refractivity contribution in [2.45, 2.75) is 20.1 Å². The van der Waals surface area contributed by atoms with Gasteiger partial charge in [-0.2, -0.15) is 8.75 Å². The standard InChI is InChI=1S/C28H22N2O3S/c1-19-23(8-5-9-25(19)21-6-3-2-4-7-21)18-32-24-12-11-22(16-31)28(15-24)33-17-20-10-13-26-27(14-20)30-34-29-26/h2-16H,17-18H2,1H3. The minimum atomic E-state index is 0.315. The molecule has 0 saturated carbocycles. The van der Waals surface area contributed by atoms with E-state index in [9.17, 15) is 4.79 Å². The van der Waals surface area contributed by atoms with Gasteiger partial charge in [0.05, 0.1) is 17.3 Å². The number of rotatable bonds is 8. The van der Waals surface area contributed by atoms with E-state index in [1.807, 2.05) is 42.5 Å². The average Bonchev–Trinajstić information content (AvgIpc) is 3.35. The quantitative estimate of drug-likeness (QED) is 0.240. The second-order valence-electron chi connectivity index (χ2n) is 7.94. The Labute approximate surface area is 201 Å². The molecule has 0 amide bonds. The third-order valence-corrected chi connectivity index (χ3v) is 6.31. The molecule has 0 fully saturated rings. The van der Waals surface area contributed by atoms with Crippen molar-refractivity contribution in [3.8, 4) is 22.6 Å². The molecule has 0 aliphatic carbocycles. The molecule has 0 aliphatic heterocycles. The summed E-state index contributed by atoms with van der Waals surface area (Å²) in [6, 6.07) is 27.7. The fraction of sp³-hybridized carbons (Fsp3) is 0.107. The Morgan fingerprint density at radius 3 is 2.53 bits per heavy atom. The molecule has 5 aromatic rings. The van der Waals surface area contributed by atoms with Crippen molar-refractivity contribution in [3.05, 3.63) is 107 Å². The largest absolute Gasteiger partial charge is 0.489 e. The van der Waals surface area contributed by atoms with Gasteiger partial charge in [0.15, 0.2) is 6.29 Å². The first kappa shape index (κ1) is 21.8. The number of hydrogen-bond acceptors (Lipinski definition) is 6. The number of benzene rings is 4. The lowest BCUT2D eigenvalue weighted by molar-refractivity contribution is 0.111. The van der Waals surface area contributed by atoms with Gasteiger partial charge in [-0.05, 0) is 59.0 Å². The van der Waals surface area contributed by atoms with E-state index in [-0.39, 0.29) is 0 Å². The molecule has 0 spiro atoms. The van der Waals surface area contributed by atoms with Crippen LogP contribution in [0.2, 0.25) is 0 Å². The topological polar surface area (TPSA) is 61.3 Å². The van der Waals surface area contributed by atoms with Crippen molar-refractivity contribution in [1.29, 1.82) is 0 Å². The molecule has 1 aromatic heterocycles. The normalized spacial score (nSPS) is 10.9. The summed E-state index contributed by atoms with van der Waals surface area (Å²) in [7, 11) is 0. The van der Waals surface area contributed by atoms with Crippen LogP contribution in [0.15, 0.2) is 84.9 Å². The van der Waals surface area contributed by atoms with E-state index in [4.69, 9.17) is 9.47 Å². The summed E-state index contributed by atoms with van der Waals surface area (Å²) in [5.74, 6) is 1.13. The second-order valence-corrected chi connectivity index (χ2v) is 8.47. The fourth-order valence-electron chi connectivity index (χ4n) is 3.84. The van der Waals surface area contributed by atoms with Gasteiger partial charge in [-0.15, -0.1) is 0 Å². The number of carbonyl (C=O) groups excluding carboxylic acids is 1. The van der Waals surface area contributed by atoms with Crippen LogP contribution in [0, 0.1) is 6.92 Å². The van der Waals surface area contributed by atoms with Crippen molar-refractivity contribution in [2.75, 3.05) is 0 Å². The van der Waals surface area contributed by atoms with Gasteiger partial charge in [0.25, 0.3) is 0 Å². The summed E-state index contributed by atoms with van der Waals surface area (Å²) in [4.78, 5) is 11.5. The van der Waals surface area contributed by atoms with Gasteiger partial charge in [-0.3, -0.25) is 4.79 Å². The van der Waals surface area contributed by atoms with Crippen LogP contribution in [-0.2, 0) is 13.2 Å². The van der Waals surface area contributed by atoms with Crippen molar-refractivity contribution in [2.24, 2.45) is 0 Å². The third-order valence-electron chi connectivity index (χ3n) is 5.75. The lowest BCUT2D eigenvalue weighted by atomic mass is 9.97. The highest BCUT2D eigenvalue weighted by molar-refractivity contribution is 7.00. The lowest BCUT2D eigenvalue weighted by Crippen LogP contribution is -2.02. The predicted molar refractivity (Wildman–Crippen MR) is 135 cm³/mol. The highest BCUT2D eigenvalue weighted by Gasteiger charge is 2.10. The summed E-state index contributed by atoms with van der Waals surface area (Å²) in [5.41, 5.74) is 7.79. The molecule has 0 aliphatic rings. The first-order chi connectivity index (χ1) is 16.7. The molecule has 0 saturated heterocycles. The van der Waals surface area contributed by atoms with E-state index in [0.717, 1.165) is 28.4 Å². The first-order valence-corrected chi connectivity index (χ1v) is 11.6. The smallest absolute Gasteiger partial charge is 0.153 e. The number of ether oxygens (including phenoxy) is 2. The maximum atomic E-state index is 11.5. The molecule has 6 heteroatoms. The van der Waals surface area contributed by atoms with Gasteiger partial charge in [0.1, 0.15) is 35.7 Å². The van der Waals surface area contributed by atoms with Gasteiger partial charge in [-0.1, -0.05) is 54.6 Å². The van der Waals surface area contributed by atoms with Crippen LogP contribution >= 0.6 is 11.7 Å². The number of aromatic nitrogens is 2. The zero-order valence-electron chi connectivity index (χ0n) is 18.6. The number of fused-ring (bicyclic) bond motifs is 1. The Kier molecular flexibility index (Phi) is 6.31. The van der Waals surface area contributed by atoms with Crippen LogP contribution < -0.4 is 9.47 Å². The maximum Gasteiger partial charge on any atom is 0.153 e. The first-order valence-electron chi connectivity index (χ1n) is 10.9. The summed E-state index contributed by atoms with van der Waals surface area (Å²) >= 11 is 1.18. The van der Waals surface area contributed by atoms with Crippen LogP contribution in [0.5, 0.6) is 11.5 Å². The van der Waals surface area contributed by atoms with Gasteiger partial charge in [-0.25, -0.2) is 0 Å². The highest BCUT2D eigenvalue weighted by Crippen LogP contribution is 2.29. The van der Waals surface area contributed by atoms with Gasteiger partial charge < -0.3 is 9.47 Å². The SMILES string of the molecule is Cc1c(COc2ccc(C=O)c(OCc3ccc4nsnc4c3)c2)cccc1-c1ccccc1. The highest BCUT2D eigenvalue weighted by atomic mass is 32.1. The van der Waals surface area contributed by atoms with Crippen LogP contribution in [-0.4, -0.2) is 15.0 Å². The van der Waals surface area contributed by atoms with Crippen LogP contribution in [0.4, 0.5) is 0 Å². The summed E-state index contributed by atoms with van der Waals surface area (Å²) in [6.07, 6.45) is 0.792. The zero-order valence-corrected chi connectivity index (χ0v) is 19.4. The van der Waals surface area contributed by atoms with E-state index in [1.165, 1.54) is 28.4 Å². The molecule has 0 atom stereocenters. The molecule has 1 heterocycles. The van der Waals surface area contributed by atoms with Gasteiger partial charge >= 0.3 is 0 Å². The lowest BCUT2D eigenvalue weighted by Gasteiger charge is -2.14. The second kappa shape index (κ2) is 9.85. The predicted octanol–water partition coefficient (Wildman–Crippen LogP) is 6.64. The van der Waals surface area contributed by atoms with Crippen LogP contribution in [0.1, 0.15) is 27.0 Å². The number of aldehydes is 1. The summed E-state index contributed by atoms with van der Waals surface area (Å²) in [6.45, 7) is 2.84. The Morgan fingerprint density at radius 2 is 1.68 bits per heavy atom. The molecule has 0 bridgehead atoms. The Hall–Kier alpha value is -4.03. The molecule has 0 radical (unpaired) electrons. The number of carbonyl (C=O) groups is 1. The van der Waals surface area contributed by atoms with Crippen LogP contribution in [0.25, 0.3) is 22.2 Å². The minimum absolute atomic E-state index is 0.315. The molecular formula is C28H22N2O3S. The number of nitrogens with zero attached hydrogens (tertiary/aromatic N) is 2. The maximum absolute atomic E-state index is 11.5. The van der Waals surface area contributed by atoms with Crippen molar-refractivity contribution in [3.63, 3.8) is 0 Å². The molecule has 4 aromatic carbocycles. The van der Waals surface area contributed by atoms with Crippen molar-refractivity contribution < 1.29 is 14.3 Å². The van der Waals surface area contributed by atoms with E-state index < -0.39 is 0 Å². The molecule has 5 rings (SSSR count). The van der Waals surface area contributed by atoms with E-state index in [0.29, 0.717) is 30.3 Å². The number of hydrogen-bond donors (Lipinski definition) is 0. The van der Waals surface area contributed by atoms with Crippen molar-refractivity contribution in [1.82, 2.24) is 8.75 Å². The Balaban J connectivity index is 1.31. The zero-order chi connectivity index (χ0) is 23.3. The van der Waals surface area contributed by atoms with E-state index >= 15 is 0 Å². The Morgan fingerprint density at radius 1 is 0.824 bits per heavy atom. The average molecular weight is 467 g/mol. The molecular weight excluding hydrogens is 444 g/mol. The van der Waals surface area contributed by atoms with Crippen LogP contribution in [0.3, 0.4) is 0 Å². The van der Waals surface area contributed by atoms with Gasteiger partial charge in [0, 0.05) is 6.07 Å². The third kappa shape index (κ3) is 4.67. The van der Waals surface area contributed by atoms with E-state index in [2.05, 4.69) is 39.9 Å². The summed E-state index contributed by atoms with van der Waals surface area (Å²) < 4.78 is 20.6. The molecule has 0 N–H and O–H groups in total. The molecule has 5 nitrogen and oxygen atoms in total. The molecule has 0 unspecified atom stereocenters. The Bertz CT molecular complexity index is 1450. The van der Waals surface area contributed by atoms with Crippen molar-refractivity contribution >= 4 is 29.0 Å². The summed E-state index contributed by atoms with van der Waals surface area (Å²) in [5, 5.41) is 0. The van der Waals surface area contributed by atoms with E-state index in [1.54, 1.807) is 18.2 Å². The van der Waals surface area contributed by atoms with Gasteiger partial charge in [0.2, 0.25) is 0 Å². The fourth-order valence-corrected chi connectivity index (χ4v) is 4.35. The molecule has 34 heavy (non-hydrogen) atoms. The minimum Gasteiger partial charge on any atom is -0.489 e.